The van der Waals surface area contributed by atoms with E-state index in [9.17, 15) is 13.9 Å². The van der Waals surface area contributed by atoms with Crippen LogP contribution in [-0.4, -0.2) is 17.6 Å². The third kappa shape index (κ3) is 3.65. The topological polar surface area (TPSA) is 29.5 Å². The summed E-state index contributed by atoms with van der Waals surface area (Å²) in [6.07, 6.45) is 0. The minimum Gasteiger partial charge on any atom is -0.379 e. The molecule has 1 N–H and O–H groups in total. The molecule has 112 valence electrons. The molecule has 4 heteroatoms. The van der Waals surface area contributed by atoms with Crippen molar-refractivity contribution in [2.45, 2.75) is 25.1 Å². The summed E-state index contributed by atoms with van der Waals surface area (Å²) in [5, 5.41) is 10.2. The second kappa shape index (κ2) is 6.33. The lowest BCUT2D eigenvalue weighted by Gasteiger charge is -2.32. The van der Waals surface area contributed by atoms with Gasteiger partial charge in [0, 0.05) is 0 Å². The van der Waals surface area contributed by atoms with Gasteiger partial charge in [0.15, 0.2) is 5.60 Å². The lowest BCUT2D eigenvalue weighted by molar-refractivity contribution is -0.208. The molecule has 0 bridgehead atoms. The summed E-state index contributed by atoms with van der Waals surface area (Å²) in [5.74, 6) is -3.39. The maximum atomic E-state index is 14.2. The van der Waals surface area contributed by atoms with Crippen LogP contribution in [0.5, 0.6) is 0 Å². The quantitative estimate of drug-likeness (QED) is 0.878. The van der Waals surface area contributed by atoms with Crippen LogP contribution in [0.1, 0.15) is 18.1 Å². The number of rotatable bonds is 6. The summed E-state index contributed by atoms with van der Waals surface area (Å²) >= 11 is 0. The number of halogens is 2. The third-order valence-corrected chi connectivity index (χ3v) is 3.44. The van der Waals surface area contributed by atoms with Crippen LogP contribution in [0.2, 0.25) is 0 Å². The van der Waals surface area contributed by atoms with Crippen molar-refractivity contribution in [3.63, 3.8) is 0 Å². The molecule has 2 aromatic carbocycles. The van der Waals surface area contributed by atoms with Crippen molar-refractivity contribution < 1.29 is 18.6 Å². The van der Waals surface area contributed by atoms with Crippen molar-refractivity contribution in [3.05, 3.63) is 71.8 Å². The minimum atomic E-state index is -3.39. The van der Waals surface area contributed by atoms with Crippen LogP contribution in [0.15, 0.2) is 60.7 Å². The minimum absolute atomic E-state index is 0.0846. The van der Waals surface area contributed by atoms with Gasteiger partial charge in [-0.15, -0.1) is 0 Å². The molecular formula is C17H18F2O2. The molecule has 0 aliphatic heterocycles. The van der Waals surface area contributed by atoms with Crippen molar-refractivity contribution >= 4 is 0 Å². The van der Waals surface area contributed by atoms with Crippen molar-refractivity contribution in [3.8, 4) is 0 Å². The molecular weight excluding hydrogens is 274 g/mol. The summed E-state index contributed by atoms with van der Waals surface area (Å²) in [5.41, 5.74) is -1.30. The highest BCUT2D eigenvalue weighted by molar-refractivity contribution is 5.24. The SMILES string of the molecule is CC(O)(c1ccccc1)C(F)(F)COCc1ccccc1. The maximum absolute atomic E-state index is 14.2. The highest BCUT2D eigenvalue weighted by atomic mass is 19.3. The van der Waals surface area contributed by atoms with Gasteiger partial charge in [-0.25, -0.2) is 8.78 Å². The van der Waals surface area contributed by atoms with E-state index in [4.69, 9.17) is 4.74 Å². The van der Waals surface area contributed by atoms with Crippen molar-refractivity contribution in [2.75, 3.05) is 6.61 Å². The Morgan fingerprint density at radius 3 is 2.05 bits per heavy atom. The number of benzene rings is 2. The molecule has 2 nitrogen and oxygen atoms in total. The third-order valence-electron chi connectivity index (χ3n) is 3.44. The van der Waals surface area contributed by atoms with E-state index in [0.29, 0.717) is 0 Å². The van der Waals surface area contributed by atoms with Crippen LogP contribution in [-0.2, 0) is 16.9 Å². The molecule has 0 aromatic heterocycles. The average molecular weight is 292 g/mol. The number of alkyl halides is 2. The highest BCUT2D eigenvalue weighted by Crippen LogP contribution is 2.37. The summed E-state index contributed by atoms with van der Waals surface area (Å²) in [7, 11) is 0. The summed E-state index contributed by atoms with van der Waals surface area (Å²) < 4.78 is 33.5. The first-order valence-electron chi connectivity index (χ1n) is 6.71. The van der Waals surface area contributed by atoms with E-state index in [-0.39, 0.29) is 12.2 Å². The van der Waals surface area contributed by atoms with Gasteiger partial charge in [0.2, 0.25) is 0 Å². The molecule has 1 atom stereocenters. The van der Waals surface area contributed by atoms with Gasteiger partial charge < -0.3 is 9.84 Å². The zero-order valence-corrected chi connectivity index (χ0v) is 11.8. The van der Waals surface area contributed by atoms with E-state index < -0.39 is 18.1 Å². The largest absolute Gasteiger partial charge is 0.379 e. The monoisotopic (exact) mass is 292 g/mol. The van der Waals surface area contributed by atoms with Gasteiger partial charge in [-0.1, -0.05) is 60.7 Å². The van der Waals surface area contributed by atoms with E-state index in [1.54, 1.807) is 30.3 Å². The predicted molar refractivity (Wildman–Crippen MR) is 77.1 cm³/mol. The molecule has 0 saturated carbocycles. The molecule has 0 amide bonds. The van der Waals surface area contributed by atoms with Gasteiger partial charge in [0.05, 0.1) is 6.61 Å². The Bertz CT molecular complexity index is 554. The number of aliphatic hydroxyl groups is 1. The molecule has 0 spiro atoms. The fraction of sp³-hybridized carbons (Fsp3) is 0.294. The van der Waals surface area contributed by atoms with Crippen LogP contribution in [0, 0.1) is 0 Å². The normalized spacial score (nSPS) is 14.7. The predicted octanol–water partition coefficient (Wildman–Crippen LogP) is 3.75. The Balaban J connectivity index is 2.00. The Labute approximate surface area is 123 Å². The van der Waals surface area contributed by atoms with Crippen LogP contribution in [0.4, 0.5) is 8.78 Å². The van der Waals surface area contributed by atoms with Gasteiger partial charge in [-0.3, -0.25) is 0 Å². The molecule has 21 heavy (non-hydrogen) atoms. The van der Waals surface area contributed by atoms with Crippen molar-refractivity contribution in [1.29, 1.82) is 0 Å². The molecule has 0 aliphatic carbocycles. The standard InChI is InChI=1S/C17H18F2O2/c1-16(20,15-10-6-3-7-11-15)17(18,19)13-21-12-14-8-4-2-5-9-14/h2-11,20H,12-13H2,1H3. The summed E-state index contributed by atoms with van der Waals surface area (Å²) in [6.45, 7) is 0.347. The van der Waals surface area contributed by atoms with Gasteiger partial charge in [-0.05, 0) is 18.1 Å². The molecule has 1 unspecified atom stereocenters. The van der Waals surface area contributed by atoms with E-state index in [1.165, 1.54) is 12.1 Å². The zero-order valence-electron chi connectivity index (χ0n) is 11.8. The number of hydrogen-bond acceptors (Lipinski definition) is 2. The average Bonchev–Trinajstić information content (AvgIpc) is 2.49. The summed E-state index contributed by atoms with van der Waals surface area (Å²) in [6, 6.07) is 17.0. The lowest BCUT2D eigenvalue weighted by atomic mass is 9.89. The maximum Gasteiger partial charge on any atom is 0.302 e. The number of hydrogen-bond donors (Lipinski definition) is 1. The van der Waals surface area contributed by atoms with Gasteiger partial charge >= 0.3 is 5.92 Å². The second-order valence-electron chi connectivity index (χ2n) is 5.12. The first kappa shape index (κ1) is 15.6. The molecule has 0 saturated heterocycles. The van der Waals surface area contributed by atoms with Gasteiger partial charge in [0.1, 0.15) is 6.61 Å². The Morgan fingerprint density at radius 1 is 0.952 bits per heavy atom. The Morgan fingerprint density at radius 2 is 1.48 bits per heavy atom. The van der Waals surface area contributed by atoms with Crippen LogP contribution < -0.4 is 0 Å². The van der Waals surface area contributed by atoms with Crippen molar-refractivity contribution in [1.82, 2.24) is 0 Å². The molecule has 2 rings (SSSR count). The first-order valence-corrected chi connectivity index (χ1v) is 6.71. The van der Waals surface area contributed by atoms with Gasteiger partial charge in [0.25, 0.3) is 0 Å². The van der Waals surface area contributed by atoms with E-state index in [1.807, 2.05) is 18.2 Å². The number of ether oxygens (including phenoxy) is 1. The summed E-state index contributed by atoms with van der Waals surface area (Å²) in [4.78, 5) is 0. The highest BCUT2D eigenvalue weighted by Gasteiger charge is 2.50. The second-order valence-corrected chi connectivity index (χ2v) is 5.12. The molecule has 0 radical (unpaired) electrons. The fourth-order valence-corrected chi connectivity index (χ4v) is 1.99. The van der Waals surface area contributed by atoms with Gasteiger partial charge in [-0.2, -0.15) is 0 Å². The molecule has 0 fully saturated rings. The first-order chi connectivity index (χ1) is 9.93. The zero-order chi connectivity index (χ0) is 15.3. The van der Waals surface area contributed by atoms with E-state index in [2.05, 4.69) is 0 Å². The molecule has 2 aromatic rings. The van der Waals surface area contributed by atoms with Crippen LogP contribution in [0.3, 0.4) is 0 Å². The molecule has 0 aliphatic rings. The van der Waals surface area contributed by atoms with E-state index >= 15 is 0 Å². The Hall–Kier alpha value is -1.78. The Kier molecular flexibility index (Phi) is 4.70. The fourth-order valence-electron chi connectivity index (χ4n) is 1.99. The van der Waals surface area contributed by atoms with Crippen LogP contribution in [0.25, 0.3) is 0 Å². The van der Waals surface area contributed by atoms with Crippen molar-refractivity contribution in [2.24, 2.45) is 0 Å². The van der Waals surface area contributed by atoms with Crippen LogP contribution >= 0.6 is 0 Å². The smallest absolute Gasteiger partial charge is 0.302 e. The van der Waals surface area contributed by atoms with E-state index in [0.717, 1.165) is 12.5 Å². The molecule has 0 heterocycles. The lowest BCUT2D eigenvalue weighted by Crippen LogP contribution is -2.46.